The Kier molecular flexibility index (Phi) is 3.60. The minimum absolute atomic E-state index is 0.0397. The van der Waals surface area contributed by atoms with E-state index in [1.807, 2.05) is 37.2 Å². The van der Waals surface area contributed by atoms with E-state index in [1.165, 1.54) is 0 Å². The van der Waals surface area contributed by atoms with Gasteiger partial charge in [-0.05, 0) is 18.6 Å². The van der Waals surface area contributed by atoms with Crippen LogP contribution in [0, 0.1) is 0 Å². The van der Waals surface area contributed by atoms with Gasteiger partial charge >= 0.3 is 0 Å². The number of anilines is 1. The van der Waals surface area contributed by atoms with Crippen LogP contribution in [0.15, 0.2) is 24.5 Å². The van der Waals surface area contributed by atoms with E-state index in [2.05, 4.69) is 19.9 Å². The number of carbonyl (C=O) groups excluding carboxylic acids is 1. The lowest BCUT2D eigenvalue weighted by atomic mass is 10.1. The number of carbonyl (C=O) groups is 1. The first-order valence-electron chi connectivity index (χ1n) is 7.19. The van der Waals surface area contributed by atoms with Gasteiger partial charge in [0.2, 0.25) is 0 Å². The Hall–Kier alpha value is -2.37. The molecule has 6 nitrogen and oxygen atoms in total. The third kappa shape index (κ3) is 2.61. The SMILES string of the molecule is CCc1cc(C(=O)N2CCn3ccnc3C2)cc(NC)n1. The van der Waals surface area contributed by atoms with Gasteiger partial charge in [-0.1, -0.05) is 6.92 Å². The van der Waals surface area contributed by atoms with Crippen molar-refractivity contribution in [2.24, 2.45) is 0 Å². The minimum atomic E-state index is 0.0397. The van der Waals surface area contributed by atoms with Crippen molar-refractivity contribution >= 4 is 11.7 Å². The molecule has 1 aliphatic heterocycles. The molecule has 2 aromatic heterocycles. The molecule has 1 aliphatic rings. The van der Waals surface area contributed by atoms with Gasteiger partial charge in [-0.25, -0.2) is 9.97 Å². The maximum atomic E-state index is 12.7. The molecular weight excluding hydrogens is 266 g/mol. The second kappa shape index (κ2) is 5.55. The van der Waals surface area contributed by atoms with E-state index in [0.717, 1.165) is 30.3 Å². The fraction of sp³-hybridized carbons (Fsp3) is 0.400. The zero-order chi connectivity index (χ0) is 14.8. The van der Waals surface area contributed by atoms with Gasteiger partial charge in [0.1, 0.15) is 11.6 Å². The number of nitrogens with one attached hydrogen (secondary N) is 1. The highest BCUT2D eigenvalue weighted by Crippen LogP contribution is 2.17. The zero-order valence-corrected chi connectivity index (χ0v) is 12.3. The maximum absolute atomic E-state index is 12.7. The molecule has 0 fully saturated rings. The Labute approximate surface area is 123 Å². The molecule has 1 N–H and O–H groups in total. The normalized spacial score (nSPS) is 13.9. The van der Waals surface area contributed by atoms with Gasteiger partial charge in [0.15, 0.2) is 0 Å². The summed E-state index contributed by atoms with van der Waals surface area (Å²) in [4.78, 5) is 23.3. The van der Waals surface area contributed by atoms with Gasteiger partial charge in [0, 0.05) is 43.8 Å². The number of rotatable bonds is 3. The van der Waals surface area contributed by atoms with Crippen LogP contribution in [-0.2, 0) is 19.5 Å². The molecule has 3 heterocycles. The van der Waals surface area contributed by atoms with Crippen molar-refractivity contribution in [3.63, 3.8) is 0 Å². The van der Waals surface area contributed by atoms with Crippen LogP contribution in [-0.4, -0.2) is 38.9 Å². The fourth-order valence-electron chi connectivity index (χ4n) is 2.55. The van der Waals surface area contributed by atoms with Crippen LogP contribution in [0.25, 0.3) is 0 Å². The summed E-state index contributed by atoms with van der Waals surface area (Å²) < 4.78 is 2.09. The molecule has 2 aromatic rings. The summed E-state index contributed by atoms with van der Waals surface area (Å²) in [5.74, 6) is 1.71. The molecule has 21 heavy (non-hydrogen) atoms. The fourth-order valence-corrected chi connectivity index (χ4v) is 2.55. The number of amides is 1. The average molecular weight is 285 g/mol. The van der Waals surface area contributed by atoms with E-state index in [9.17, 15) is 4.79 Å². The molecule has 0 saturated heterocycles. The third-order valence-electron chi connectivity index (χ3n) is 3.78. The number of fused-ring (bicyclic) bond motifs is 1. The molecule has 0 bridgehead atoms. The van der Waals surface area contributed by atoms with E-state index in [1.54, 1.807) is 6.20 Å². The summed E-state index contributed by atoms with van der Waals surface area (Å²) in [6, 6.07) is 3.69. The molecule has 0 unspecified atom stereocenters. The summed E-state index contributed by atoms with van der Waals surface area (Å²) in [5, 5.41) is 3.01. The lowest BCUT2D eigenvalue weighted by Gasteiger charge is -2.28. The van der Waals surface area contributed by atoms with Crippen LogP contribution >= 0.6 is 0 Å². The minimum Gasteiger partial charge on any atom is -0.373 e. The predicted molar refractivity (Wildman–Crippen MR) is 80.1 cm³/mol. The monoisotopic (exact) mass is 285 g/mol. The number of nitrogens with zero attached hydrogens (tertiary/aromatic N) is 4. The zero-order valence-electron chi connectivity index (χ0n) is 12.3. The van der Waals surface area contributed by atoms with Crippen molar-refractivity contribution in [1.29, 1.82) is 0 Å². The summed E-state index contributed by atoms with van der Waals surface area (Å²) in [6.45, 7) is 4.10. The average Bonchev–Trinajstić information content (AvgIpc) is 3.01. The van der Waals surface area contributed by atoms with Crippen LogP contribution in [0.1, 0.15) is 28.8 Å². The van der Waals surface area contributed by atoms with Crippen molar-refractivity contribution in [3.8, 4) is 0 Å². The Morgan fingerprint density at radius 1 is 1.38 bits per heavy atom. The smallest absolute Gasteiger partial charge is 0.254 e. The Morgan fingerprint density at radius 3 is 3.00 bits per heavy atom. The van der Waals surface area contributed by atoms with E-state index >= 15 is 0 Å². The molecule has 110 valence electrons. The van der Waals surface area contributed by atoms with Crippen molar-refractivity contribution in [2.75, 3.05) is 18.9 Å². The second-order valence-corrected chi connectivity index (χ2v) is 5.10. The Balaban J connectivity index is 1.85. The van der Waals surface area contributed by atoms with Crippen LogP contribution in [0.3, 0.4) is 0 Å². The summed E-state index contributed by atoms with van der Waals surface area (Å²) in [6.07, 6.45) is 4.54. The third-order valence-corrected chi connectivity index (χ3v) is 3.78. The molecule has 1 amide bonds. The predicted octanol–water partition coefficient (Wildman–Crippen LogP) is 1.54. The molecule has 3 rings (SSSR count). The van der Waals surface area contributed by atoms with E-state index < -0.39 is 0 Å². The number of hydrogen-bond acceptors (Lipinski definition) is 4. The molecule has 0 aromatic carbocycles. The van der Waals surface area contributed by atoms with Gasteiger partial charge in [-0.2, -0.15) is 0 Å². The lowest BCUT2D eigenvalue weighted by molar-refractivity contribution is 0.0707. The van der Waals surface area contributed by atoms with Crippen LogP contribution in [0.4, 0.5) is 5.82 Å². The molecule has 0 atom stereocenters. The van der Waals surface area contributed by atoms with Gasteiger partial charge in [0.05, 0.1) is 6.54 Å². The topological polar surface area (TPSA) is 63.1 Å². The molecule has 0 spiro atoms. The van der Waals surface area contributed by atoms with Crippen molar-refractivity contribution in [1.82, 2.24) is 19.4 Å². The highest BCUT2D eigenvalue weighted by atomic mass is 16.2. The standard InChI is InChI=1S/C15H19N5O/c1-3-12-8-11(9-13(16-2)18-12)15(21)20-7-6-19-5-4-17-14(19)10-20/h4-5,8-9H,3,6-7,10H2,1-2H3,(H,16,18). The van der Waals surface area contributed by atoms with Gasteiger partial charge in [0.25, 0.3) is 5.91 Å². The first-order valence-corrected chi connectivity index (χ1v) is 7.19. The molecule has 0 aliphatic carbocycles. The number of pyridine rings is 1. The van der Waals surface area contributed by atoms with Gasteiger partial charge < -0.3 is 14.8 Å². The molecule has 6 heteroatoms. The van der Waals surface area contributed by atoms with Crippen molar-refractivity contribution in [2.45, 2.75) is 26.4 Å². The first kappa shape index (κ1) is 13.6. The quantitative estimate of drug-likeness (QED) is 0.929. The number of aromatic nitrogens is 3. The highest BCUT2D eigenvalue weighted by molar-refractivity contribution is 5.95. The summed E-state index contributed by atoms with van der Waals surface area (Å²) in [7, 11) is 1.81. The highest BCUT2D eigenvalue weighted by Gasteiger charge is 2.22. The lowest BCUT2D eigenvalue weighted by Crippen LogP contribution is -2.38. The van der Waals surface area contributed by atoms with Gasteiger partial charge in [-0.3, -0.25) is 4.79 Å². The number of imidazole rings is 1. The van der Waals surface area contributed by atoms with Crippen LogP contribution < -0.4 is 5.32 Å². The number of aryl methyl sites for hydroxylation is 1. The number of hydrogen-bond donors (Lipinski definition) is 1. The summed E-state index contributed by atoms with van der Waals surface area (Å²) in [5.41, 5.74) is 1.61. The van der Waals surface area contributed by atoms with E-state index in [0.29, 0.717) is 18.7 Å². The second-order valence-electron chi connectivity index (χ2n) is 5.10. The van der Waals surface area contributed by atoms with E-state index in [-0.39, 0.29) is 5.91 Å². The Bertz CT molecular complexity index is 642. The summed E-state index contributed by atoms with van der Waals surface area (Å²) >= 11 is 0. The molecule has 0 radical (unpaired) electrons. The largest absolute Gasteiger partial charge is 0.373 e. The first-order chi connectivity index (χ1) is 10.2. The van der Waals surface area contributed by atoms with Crippen LogP contribution in [0.2, 0.25) is 0 Å². The maximum Gasteiger partial charge on any atom is 0.254 e. The van der Waals surface area contributed by atoms with Crippen LogP contribution in [0.5, 0.6) is 0 Å². The van der Waals surface area contributed by atoms with E-state index in [4.69, 9.17) is 0 Å². The molecule has 0 saturated carbocycles. The Morgan fingerprint density at radius 2 is 2.24 bits per heavy atom. The van der Waals surface area contributed by atoms with Crippen molar-refractivity contribution in [3.05, 3.63) is 41.6 Å². The van der Waals surface area contributed by atoms with Crippen molar-refractivity contribution < 1.29 is 4.79 Å². The van der Waals surface area contributed by atoms with Gasteiger partial charge in [-0.15, -0.1) is 0 Å². The molecular formula is C15H19N5O.